The smallest absolute Gasteiger partial charge is 0.270 e. The van der Waals surface area contributed by atoms with Crippen LogP contribution >= 0.6 is 0 Å². The van der Waals surface area contributed by atoms with Gasteiger partial charge in [-0.3, -0.25) is 98.4 Å². The Morgan fingerprint density at radius 2 is 0.420 bits per heavy atom. The maximum Gasteiger partial charge on any atom is 0.270 e. The SMILES string of the molecule is O=C1c2ccccc2C(=O)N1CCCOc1c2cc([N+](=O)[O-])cc1Cc1cc([N+](=O)[O-])cc(c1OCCCN1C(=O)c3ccccc3C1=O)Cc1cc([N+](=O)[O-])cc(c1OCCCN1C(=O)c3ccccc3C1=O)Cc1cc([N+](=O)[O-])cc(c1OCCCN1C(=O)c3ccccc3C1=O)C2. The van der Waals surface area contributed by atoms with Crippen molar-refractivity contribution >= 4 is 70.0 Å². The highest BCUT2D eigenvalue weighted by molar-refractivity contribution is 6.23. The van der Waals surface area contributed by atoms with E-state index in [4.69, 9.17) is 18.9 Å². The van der Waals surface area contributed by atoms with Crippen LogP contribution in [0.1, 0.15) is 153 Å². The number of hydrogen-bond acceptors (Lipinski definition) is 20. The van der Waals surface area contributed by atoms with Gasteiger partial charge in [-0.1, -0.05) is 48.5 Å². The molecule has 28 nitrogen and oxygen atoms in total. The number of nitrogens with zero attached hydrogens (tertiary/aromatic N) is 8. The summed E-state index contributed by atoms with van der Waals surface area (Å²) < 4.78 is 26.6. The average molecular weight is 1350 g/mol. The second kappa shape index (κ2) is 27.3. The Hall–Kier alpha value is -12.9. The van der Waals surface area contributed by atoms with Crippen molar-refractivity contribution in [1.29, 1.82) is 0 Å². The van der Waals surface area contributed by atoms with Gasteiger partial charge in [0.05, 0.1) is 90.6 Å². The van der Waals surface area contributed by atoms with Crippen molar-refractivity contribution in [1.82, 2.24) is 19.6 Å². The molecule has 8 bridgehead atoms. The van der Waals surface area contributed by atoms with Gasteiger partial charge in [0.25, 0.3) is 70.0 Å². The fraction of sp³-hybridized carbons (Fsp3) is 0.222. The van der Waals surface area contributed by atoms with Gasteiger partial charge >= 0.3 is 0 Å². The summed E-state index contributed by atoms with van der Waals surface area (Å²) in [6, 6.07) is 34.3. The van der Waals surface area contributed by atoms with Gasteiger partial charge in [-0.25, -0.2) is 0 Å². The Bertz CT molecular complexity index is 4060. The van der Waals surface area contributed by atoms with E-state index in [1.54, 1.807) is 48.5 Å². The van der Waals surface area contributed by atoms with Crippen LogP contribution in [0.25, 0.3) is 0 Å². The monoisotopic (exact) mass is 1350 g/mol. The number of benzene rings is 8. The minimum atomic E-state index is -0.705. The highest BCUT2D eigenvalue weighted by atomic mass is 16.6. The number of imide groups is 4. The molecule has 5 aliphatic rings. The van der Waals surface area contributed by atoms with E-state index >= 15 is 0 Å². The Labute approximate surface area is 566 Å². The molecule has 28 heteroatoms. The summed E-state index contributed by atoms with van der Waals surface area (Å²) in [7, 11) is 0. The van der Waals surface area contributed by atoms with Crippen LogP contribution in [0.4, 0.5) is 22.7 Å². The van der Waals surface area contributed by atoms with Gasteiger partial charge in [-0.15, -0.1) is 0 Å². The maximum atomic E-state index is 13.5. The molecular formula is C72H56N8O20. The summed E-state index contributed by atoms with van der Waals surface area (Å²) in [6.45, 7) is -1.82. The summed E-state index contributed by atoms with van der Waals surface area (Å²) in [6.07, 6.45) is -2.07. The molecule has 1 aliphatic carbocycles. The van der Waals surface area contributed by atoms with Crippen molar-refractivity contribution in [2.24, 2.45) is 0 Å². The molecule has 0 saturated heterocycles. The van der Waals surface area contributed by atoms with E-state index in [0.29, 0.717) is 0 Å². The van der Waals surface area contributed by atoms with Crippen molar-refractivity contribution in [3.63, 3.8) is 0 Å². The van der Waals surface area contributed by atoms with Crippen LogP contribution in [0.2, 0.25) is 0 Å². The summed E-state index contributed by atoms with van der Waals surface area (Å²) in [5.41, 5.74) is -0.697. The highest BCUT2D eigenvalue weighted by Gasteiger charge is 2.39. The molecule has 8 aromatic carbocycles. The lowest BCUT2D eigenvalue weighted by Crippen LogP contribution is -2.31. The first-order chi connectivity index (χ1) is 48.2. The number of rotatable bonds is 24. The quantitative estimate of drug-likeness (QED) is 0.0235. The molecule has 0 fully saturated rings. The largest absolute Gasteiger partial charge is 0.493 e. The summed E-state index contributed by atoms with van der Waals surface area (Å²) in [4.78, 5) is 163. The molecule has 0 atom stereocenters. The Morgan fingerprint density at radius 1 is 0.270 bits per heavy atom. The van der Waals surface area contributed by atoms with E-state index in [9.17, 15) is 78.8 Å². The van der Waals surface area contributed by atoms with Gasteiger partial charge in [0, 0.05) is 145 Å². The van der Waals surface area contributed by atoms with Crippen LogP contribution in [-0.2, 0) is 25.7 Å². The molecule has 4 heterocycles. The van der Waals surface area contributed by atoms with E-state index < -0.39 is 115 Å². The van der Waals surface area contributed by atoms with Gasteiger partial charge in [-0.2, -0.15) is 0 Å². The first-order valence-electron chi connectivity index (χ1n) is 31.8. The second-order valence-electron chi connectivity index (χ2n) is 24.1. The Kier molecular flexibility index (Phi) is 18.0. The van der Waals surface area contributed by atoms with Crippen LogP contribution in [0.5, 0.6) is 23.0 Å². The zero-order valence-electron chi connectivity index (χ0n) is 52.9. The molecule has 4 aliphatic heterocycles. The fourth-order valence-electron chi connectivity index (χ4n) is 13.3. The number of nitro benzene ring substituents is 4. The van der Waals surface area contributed by atoms with Gasteiger partial charge in [0.2, 0.25) is 0 Å². The van der Waals surface area contributed by atoms with Crippen molar-refractivity contribution in [2.45, 2.75) is 51.4 Å². The van der Waals surface area contributed by atoms with Crippen molar-refractivity contribution in [2.75, 3.05) is 52.6 Å². The zero-order valence-corrected chi connectivity index (χ0v) is 52.9. The molecule has 0 spiro atoms. The number of amides is 8. The number of fused-ring (bicyclic) bond motifs is 12. The minimum Gasteiger partial charge on any atom is -0.493 e. The first kappa shape index (κ1) is 65.8. The predicted octanol–water partition coefficient (Wildman–Crippen LogP) is 10.3. The third-order valence-corrected chi connectivity index (χ3v) is 17.9. The molecule has 0 radical (unpaired) electrons. The Balaban J connectivity index is 0.945. The second-order valence-corrected chi connectivity index (χ2v) is 24.1. The van der Waals surface area contributed by atoms with E-state index in [0.717, 1.165) is 68.1 Å². The molecule has 100 heavy (non-hydrogen) atoms. The number of nitro groups is 4. The van der Waals surface area contributed by atoms with E-state index in [1.807, 2.05) is 0 Å². The van der Waals surface area contributed by atoms with Crippen molar-refractivity contribution < 1.29 is 77.0 Å². The van der Waals surface area contributed by atoms with E-state index in [2.05, 4.69) is 0 Å². The predicted molar refractivity (Wildman–Crippen MR) is 351 cm³/mol. The molecule has 8 amide bonds. The van der Waals surface area contributed by atoms with Gasteiger partial charge in [0.1, 0.15) is 23.0 Å². The fourth-order valence-corrected chi connectivity index (χ4v) is 13.3. The van der Waals surface area contributed by atoms with Crippen LogP contribution in [0.15, 0.2) is 146 Å². The number of carbonyl (C=O) groups excluding carboxylic acids is 8. The minimum absolute atomic E-state index is 0.00636. The summed E-state index contributed by atoms with van der Waals surface area (Å²) in [5.74, 6) is -4.75. The number of carbonyl (C=O) groups is 8. The van der Waals surface area contributed by atoms with Crippen molar-refractivity contribution in [3.05, 3.63) is 275 Å². The summed E-state index contributed by atoms with van der Waals surface area (Å²) in [5, 5.41) is 53.1. The van der Waals surface area contributed by atoms with Crippen LogP contribution in [0.3, 0.4) is 0 Å². The zero-order chi connectivity index (χ0) is 70.2. The van der Waals surface area contributed by atoms with Crippen molar-refractivity contribution in [3.8, 4) is 23.0 Å². The molecule has 0 N–H and O–H groups in total. The molecule has 8 aromatic rings. The molecular weight excluding hydrogens is 1300 g/mol. The van der Waals surface area contributed by atoms with Crippen LogP contribution < -0.4 is 18.9 Å². The number of hydrogen-bond donors (Lipinski definition) is 0. The van der Waals surface area contributed by atoms with Gasteiger partial charge in [0.15, 0.2) is 0 Å². The molecule has 13 rings (SSSR count). The molecule has 0 saturated carbocycles. The lowest BCUT2D eigenvalue weighted by Gasteiger charge is -2.23. The van der Waals surface area contributed by atoms with Gasteiger partial charge in [-0.05, 0) is 74.2 Å². The van der Waals surface area contributed by atoms with Crippen LogP contribution in [-0.4, -0.2) is 139 Å². The first-order valence-corrected chi connectivity index (χ1v) is 31.8. The topological polar surface area (TPSA) is 359 Å². The van der Waals surface area contributed by atoms with E-state index in [1.165, 1.54) is 48.5 Å². The molecule has 0 aromatic heterocycles. The third-order valence-electron chi connectivity index (χ3n) is 17.9. The third kappa shape index (κ3) is 12.5. The van der Waals surface area contributed by atoms with Gasteiger partial charge < -0.3 is 18.9 Å². The normalized spacial score (nSPS) is 14.3. The lowest BCUT2D eigenvalue weighted by molar-refractivity contribution is -0.385. The molecule has 0 unspecified atom stereocenters. The number of non-ortho nitro benzene ring substituents is 4. The number of ether oxygens (including phenoxy) is 4. The summed E-state index contributed by atoms with van der Waals surface area (Å²) >= 11 is 0. The maximum absolute atomic E-state index is 13.5. The average Bonchev–Trinajstić information content (AvgIpc) is 1.35. The lowest BCUT2D eigenvalue weighted by atomic mass is 9.90. The molecule has 504 valence electrons. The van der Waals surface area contributed by atoms with Crippen LogP contribution in [0, 0.1) is 40.5 Å². The highest BCUT2D eigenvalue weighted by Crippen LogP contribution is 2.44. The Morgan fingerprint density at radius 3 is 0.560 bits per heavy atom. The standard InChI is InChI=1S/C72H56N8O20/c81-65-53-13-1-2-14-54(53)66(82)73(65)21-9-25-97-61-41-29-43-35-50(78(91)92)37-45(62(43)98-26-10-22-74-67(83)55-15-3-4-16-56(55)68(74)84)31-47-39-52(80(95)96)40-48(64(47)100-28-12-24-76-71(87)59-19-7-8-20-60(59)72(76)88)32-46-38-51(79(93)94)36-44(30-42(61)34-49(33-41)77(89)90)63(46)99-27-11-23-75-69(85)57-17-5-6-18-58(57)70(75)86/h1-8,13-20,33-40H,9-12,21-32H2. The van der Waals surface area contributed by atoms with E-state index in [-0.39, 0.29) is 190 Å².